The molecule has 0 radical (unpaired) electrons. The van der Waals surface area contributed by atoms with E-state index in [1.165, 1.54) is 17.2 Å². The topological polar surface area (TPSA) is 72.8 Å². The fraction of sp³-hybridized carbons (Fsp3) is 0.103. The molecule has 1 N–H and O–H groups in total. The van der Waals surface area contributed by atoms with Crippen LogP contribution in [-0.2, 0) is 12.8 Å². The normalized spacial score (nSPS) is 11.7. The third-order valence-corrected chi connectivity index (χ3v) is 6.02. The van der Waals surface area contributed by atoms with Crippen LogP contribution in [0.15, 0.2) is 84.9 Å². The summed E-state index contributed by atoms with van der Waals surface area (Å²) in [5.74, 6) is 0.902. The molecular weight excluding hydrogens is 428 g/mol. The minimum atomic E-state index is -1.12. The largest absolute Gasteiger partial charge is 0.497 e. The van der Waals surface area contributed by atoms with E-state index in [2.05, 4.69) is 24.3 Å². The van der Waals surface area contributed by atoms with Crippen LogP contribution in [0, 0.1) is 0 Å². The van der Waals surface area contributed by atoms with Crippen LogP contribution in [0.4, 0.5) is 0 Å². The Labute approximate surface area is 197 Å². The highest BCUT2D eigenvalue weighted by Gasteiger charge is 2.22. The van der Waals surface area contributed by atoms with Gasteiger partial charge in [-0.15, -0.1) is 0 Å². The second kappa shape index (κ2) is 8.87. The van der Waals surface area contributed by atoms with Crippen LogP contribution >= 0.6 is 0 Å². The van der Waals surface area contributed by atoms with Crippen LogP contribution in [0.2, 0.25) is 0 Å². The third kappa shape index (κ3) is 4.16. The molecular formula is C29H22O5. The zero-order valence-electron chi connectivity index (χ0n) is 18.6. The van der Waals surface area contributed by atoms with E-state index in [4.69, 9.17) is 9.47 Å². The van der Waals surface area contributed by atoms with E-state index in [0.29, 0.717) is 17.7 Å². The molecule has 0 bridgehead atoms. The number of methoxy groups -OCH3 is 1. The van der Waals surface area contributed by atoms with Crippen molar-refractivity contribution >= 4 is 11.8 Å². The Morgan fingerprint density at radius 2 is 1.47 bits per heavy atom. The van der Waals surface area contributed by atoms with Crippen LogP contribution in [0.25, 0.3) is 0 Å². The van der Waals surface area contributed by atoms with E-state index in [1.807, 2.05) is 18.2 Å². The van der Waals surface area contributed by atoms with E-state index < -0.39 is 5.97 Å². The molecule has 1 aliphatic rings. The lowest BCUT2D eigenvalue weighted by molar-refractivity contribution is 0.0692. The minimum Gasteiger partial charge on any atom is -0.497 e. The molecule has 0 fully saturated rings. The number of carbonyl (C=O) groups excluding carboxylic acids is 1. The summed E-state index contributed by atoms with van der Waals surface area (Å²) >= 11 is 0. The summed E-state index contributed by atoms with van der Waals surface area (Å²) in [5, 5.41) is 9.44. The number of rotatable bonds is 6. The maximum atomic E-state index is 13.1. The maximum absolute atomic E-state index is 13.1. The Kier molecular flexibility index (Phi) is 5.60. The van der Waals surface area contributed by atoms with Gasteiger partial charge >= 0.3 is 5.97 Å². The van der Waals surface area contributed by atoms with Crippen molar-refractivity contribution < 1.29 is 24.2 Å². The fourth-order valence-corrected chi connectivity index (χ4v) is 4.26. The first-order valence-electron chi connectivity index (χ1n) is 10.9. The molecule has 0 saturated carbocycles. The number of fused-ring (bicyclic) bond motifs is 2. The van der Waals surface area contributed by atoms with E-state index >= 15 is 0 Å². The molecule has 5 nitrogen and oxygen atoms in total. The van der Waals surface area contributed by atoms with Crippen molar-refractivity contribution in [3.05, 3.63) is 124 Å². The average molecular weight is 450 g/mol. The van der Waals surface area contributed by atoms with Crippen LogP contribution < -0.4 is 9.47 Å². The quantitative estimate of drug-likeness (QED) is 0.326. The molecule has 1 heterocycles. The van der Waals surface area contributed by atoms with Gasteiger partial charge < -0.3 is 14.6 Å². The molecule has 168 valence electrons. The molecule has 4 aromatic rings. The average Bonchev–Trinajstić information content (AvgIpc) is 2.87. The number of hydrogen-bond donors (Lipinski definition) is 1. The van der Waals surface area contributed by atoms with Gasteiger partial charge in [-0.2, -0.15) is 0 Å². The van der Waals surface area contributed by atoms with Crippen molar-refractivity contribution in [2.75, 3.05) is 7.11 Å². The van der Waals surface area contributed by atoms with Gasteiger partial charge in [-0.25, -0.2) is 4.79 Å². The van der Waals surface area contributed by atoms with Gasteiger partial charge in [-0.3, -0.25) is 4.79 Å². The lowest BCUT2D eigenvalue weighted by atomic mass is 9.92. The first kappa shape index (κ1) is 21.5. The predicted molar refractivity (Wildman–Crippen MR) is 128 cm³/mol. The van der Waals surface area contributed by atoms with E-state index in [9.17, 15) is 14.7 Å². The molecule has 0 aliphatic carbocycles. The standard InChI is InChI=1S/C29H22O5/c1-33-23-10-6-18(7-11-23)14-19-8-12-26-21(15-19)17-22-16-20(9-13-27(22)34-26)28(30)24-4-2-3-5-25(24)29(31)32/h2-13,15-16H,14,17H2,1H3,(H,31,32). The summed E-state index contributed by atoms with van der Waals surface area (Å²) in [6, 6.07) is 25.7. The number of aromatic carboxylic acids is 1. The van der Waals surface area contributed by atoms with Crippen molar-refractivity contribution in [1.82, 2.24) is 0 Å². The van der Waals surface area contributed by atoms with Crippen molar-refractivity contribution in [2.24, 2.45) is 0 Å². The number of carboxylic acids is 1. The highest BCUT2D eigenvalue weighted by Crippen LogP contribution is 2.38. The first-order valence-corrected chi connectivity index (χ1v) is 10.9. The zero-order chi connectivity index (χ0) is 23.7. The van der Waals surface area contributed by atoms with Crippen LogP contribution in [0.1, 0.15) is 48.5 Å². The van der Waals surface area contributed by atoms with Gasteiger partial charge in [-0.05, 0) is 65.6 Å². The number of carbonyl (C=O) groups is 2. The number of carboxylic acid groups (broad SMARTS) is 1. The van der Waals surface area contributed by atoms with Crippen LogP contribution in [-0.4, -0.2) is 24.0 Å². The Bertz CT molecular complexity index is 1400. The number of hydrogen-bond acceptors (Lipinski definition) is 4. The number of ether oxygens (including phenoxy) is 2. The minimum absolute atomic E-state index is 0.00464. The molecule has 0 aromatic heterocycles. The Morgan fingerprint density at radius 3 is 2.18 bits per heavy atom. The van der Waals surface area contributed by atoms with E-state index in [1.54, 1.807) is 43.5 Å². The lowest BCUT2D eigenvalue weighted by Gasteiger charge is -2.21. The number of ketones is 1. The molecule has 0 amide bonds. The predicted octanol–water partition coefficient (Wildman–Crippen LogP) is 5.91. The van der Waals surface area contributed by atoms with Crippen molar-refractivity contribution in [2.45, 2.75) is 12.8 Å². The van der Waals surface area contributed by atoms with Crippen molar-refractivity contribution in [3.8, 4) is 17.2 Å². The summed E-state index contributed by atoms with van der Waals surface area (Å²) in [5.41, 5.74) is 4.90. The van der Waals surface area contributed by atoms with E-state index in [-0.39, 0.29) is 16.9 Å². The van der Waals surface area contributed by atoms with Gasteiger partial charge in [-0.1, -0.05) is 42.5 Å². The fourth-order valence-electron chi connectivity index (χ4n) is 4.26. The third-order valence-electron chi connectivity index (χ3n) is 6.02. The summed E-state index contributed by atoms with van der Waals surface area (Å²) < 4.78 is 11.3. The van der Waals surface area contributed by atoms with Crippen LogP contribution in [0.3, 0.4) is 0 Å². The molecule has 0 atom stereocenters. The molecule has 1 aliphatic heterocycles. The monoisotopic (exact) mass is 450 g/mol. The SMILES string of the molecule is COc1ccc(Cc2ccc3c(c2)Cc2cc(C(=O)c4ccccc4C(=O)O)ccc2O3)cc1. The van der Waals surface area contributed by atoms with Gasteiger partial charge in [0.15, 0.2) is 5.78 Å². The van der Waals surface area contributed by atoms with Gasteiger partial charge in [0, 0.05) is 23.1 Å². The first-order chi connectivity index (χ1) is 16.5. The lowest BCUT2D eigenvalue weighted by Crippen LogP contribution is -2.11. The molecule has 0 unspecified atom stereocenters. The Hall–Kier alpha value is -4.38. The molecule has 4 aromatic carbocycles. The van der Waals surface area contributed by atoms with Crippen LogP contribution in [0.5, 0.6) is 17.2 Å². The summed E-state index contributed by atoms with van der Waals surface area (Å²) in [6.07, 6.45) is 1.41. The van der Waals surface area contributed by atoms with Gasteiger partial charge in [0.1, 0.15) is 17.2 Å². The Morgan fingerprint density at radius 1 is 0.824 bits per heavy atom. The second-order valence-corrected chi connectivity index (χ2v) is 8.25. The van der Waals surface area contributed by atoms with Gasteiger partial charge in [0.25, 0.3) is 0 Å². The highest BCUT2D eigenvalue weighted by atomic mass is 16.5. The number of benzene rings is 4. The molecule has 5 rings (SSSR count). The van der Waals surface area contributed by atoms with Gasteiger partial charge in [0.2, 0.25) is 0 Å². The van der Waals surface area contributed by atoms with Gasteiger partial charge in [0.05, 0.1) is 12.7 Å². The Balaban J connectivity index is 1.40. The zero-order valence-corrected chi connectivity index (χ0v) is 18.6. The summed E-state index contributed by atoms with van der Waals surface area (Å²) in [6.45, 7) is 0. The smallest absolute Gasteiger partial charge is 0.336 e. The second-order valence-electron chi connectivity index (χ2n) is 8.25. The van der Waals surface area contributed by atoms with E-state index in [0.717, 1.165) is 29.0 Å². The summed E-state index contributed by atoms with van der Waals surface area (Å²) in [4.78, 5) is 24.6. The maximum Gasteiger partial charge on any atom is 0.336 e. The highest BCUT2D eigenvalue weighted by molar-refractivity contribution is 6.14. The molecule has 0 spiro atoms. The molecule has 34 heavy (non-hydrogen) atoms. The summed E-state index contributed by atoms with van der Waals surface area (Å²) in [7, 11) is 1.65. The molecule has 0 saturated heterocycles. The van der Waals surface area contributed by atoms with Crippen molar-refractivity contribution in [3.63, 3.8) is 0 Å². The van der Waals surface area contributed by atoms with Crippen molar-refractivity contribution in [1.29, 1.82) is 0 Å². The molecule has 5 heteroatoms.